The number of hydrogen-bond donors (Lipinski definition) is 1. The SMILES string of the molecule is CCOc1nc2c(-c3ccccc3)ncc(Cl)c2c(=O)[nH]1. The summed E-state index contributed by atoms with van der Waals surface area (Å²) >= 11 is 6.09. The summed E-state index contributed by atoms with van der Waals surface area (Å²) in [7, 11) is 0. The Morgan fingerprint density at radius 1 is 1.29 bits per heavy atom. The van der Waals surface area contributed by atoms with Gasteiger partial charge in [-0.15, -0.1) is 0 Å². The summed E-state index contributed by atoms with van der Waals surface area (Å²) in [5.74, 6) is 0. The molecule has 0 saturated carbocycles. The molecule has 21 heavy (non-hydrogen) atoms. The number of hydrogen-bond acceptors (Lipinski definition) is 4. The van der Waals surface area contributed by atoms with Gasteiger partial charge in [-0.1, -0.05) is 41.9 Å². The van der Waals surface area contributed by atoms with Crippen LogP contribution in [0, 0.1) is 0 Å². The third-order valence-corrected chi connectivity index (χ3v) is 3.28. The Bertz CT molecular complexity index is 847. The second-order valence-electron chi connectivity index (χ2n) is 4.35. The van der Waals surface area contributed by atoms with Crippen molar-refractivity contribution in [1.82, 2.24) is 15.0 Å². The summed E-state index contributed by atoms with van der Waals surface area (Å²) in [6.07, 6.45) is 1.46. The number of nitrogens with zero attached hydrogens (tertiary/aromatic N) is 2. The van der Waals surface area contributed by atoms with Crippen molar-refractivity contribution in [3.63, 3.8) is 0 Å². The van der Waals surface area contributed by atoms with Gasteiger partial charge in [-0.05, 0) is 6.92 Å². The van der Waals surface area contributed by atoms with E-state index in [4.69, 9.17) is 16.3 Å². The second-order valence-corrected chi connectivity index (χ2v) is 4.76. The average Bonchev–Trinajstić information content (AvgIpc) is 2.48. The third-order valence-electron chi connectivity index (χ3n) is 3.00. The Hall–Kier alpha value is -2.40. The van der Waals surface area contributed by atoms with Crippen molar-refractivity contribution in [3.05, 3.63) is 51.9 Å². The Balaban J connectivity index is 2.36. The molecule has 6 heteroatoms. The minimum absolute atomic E-state index is 0.163. The van der Waals surface area contributed by atoms with E-state index in [0.717, 1.165) is 5.56 Å². The van der Waals surface area contributed by atoms with Crippen LogP contribution < -0.4 is 10.3 Å². The number of aromatic nitrogens is 3. The van der Waals surface area contributed by atoms with Crippen molar-refractivity contribution < 1.29 is 4.74 Å². The van der Waals surface area contributed by atoms with E-state index in [2.05, 4.69) is 15.0 Å². The molecule has 0 aliphatic rings. The van der Waals surface area contributed by atoms with Gasteiger partial charge in [-0.3, -0.25) is 14.8 Å². The fourth-order valence-electron chi connectivity index (χ4n) is 2.10. The summed E-state index contributed by atoms with van der Waals surface area (Å²) in [4.78, 5) is 23.4. The summed E-state index contributed by atoms with van der Waals surface area (Å²) < 4.78 is 5.29. The van der Waals surface area contributed by atoms with Gasteiger partial charge in [0.15, 0.2) is 0 Å². The number of pyridine rings is 1. The molecule has 0 amide bonds. The average molecular weight is 302 g/mol. The van der Waals surface area contributed by atoms with Crippen molar-refractivity contribution >= 4 is 22.5 Å². The van der Waals surface area contributed by atoms with Gasteiger partial charge in [0.2, 0.25) is 0 Å². The number of aromatic amines is 1. The Morgan fingerprint density at radius 2 is 2.05 bits per heavy atom. The molecular weight excluding hydrogens is 290 g/mol. The predicted molar refractivity (Wildman–Crippen MR) is 81.8 cm³/mol. The summed E-state index contributed by atoms with van der Waals surface area (Å²) in [6, 6.07) is 9.67. The molecule has 0 saturated heterocycles. The van der Waals surface area contributed by atoms with Gasteiger partial charge in [0, 0.05) is 11.8 Å². The minimum Gasteiger partial charge on any atom is -0.465 e. The van der Waals surface area contributed by atoms with Crippen LogP contribution in [0.1, 0.15) is 6.92 Å². The van der Waals surface area contributed by atoms with E-state index in [1.54, 1.807) is 0 Å². The highest BCUT2D eigenvalue weighted by Gasteiger charge is 2.14. The highest BCUT2D eigenvalue weighted by atomic mass is 35.5. The van der Waals surface area contributed by atoms with Crippen molar-refractivity contribution in [2.75, 3.05) is 6.61 Å². The third kappa shape index (κ3) is 2.48. The van der Waals surface area contributed by atoms with E-state index < -0.39 is 0 Å². The largest absolute Gasteiger partial charge is 0.465 e. The minimum atomic E-state index is -0.340. The lowest BCUT2D eigenvalue weighted by molar-refractivity contribution is 0.313. The molecule has 3 rings (SSSR count). The lowest BCUT2D eigenvalue weighted by Crippen LogP contribution is -2.12. The van der Waals surface area contributed by atoms with Crippen LogP contribution in [-0.4, -0.2) is 21.6 Å². The maximum Gasteiger partial charge on any atom is 0.297 e. The number of rotatable bonds is 3. The molecule has 5 nitrogen and oxygen atoms in total. The monoisotopic (exact) mass is 301 g/mol. The van der Waals surface area contributed by atoms with Crippen molar-refractivity contribution in [2.45, 2.75) is 6.92 Å². The standard InChI is InChI=1S/C15H12ClN3O2/c1-2-21-15-18-13-11(14(20)19-15)10(16)8-17-12(13)9-6-4-3-5-7-9/h3-8H,2H2,1H3,(H,18,19,20). The molecule has 0 radical (unpaired) electrons. The van der Waals surface area contributed by atoms with Crippen LogP contribution in [0.25, 0.3) is 22.2 Å². The van der Waals surface area contributed by atoms with Crippen molar-refractivity contribution in [2.24, 2.45) is 0 Å². The Kier molecular flexibility index (Phi) is 3.58. The van der Waals surface area contributed by atoms with Gasteiger partial charge < -0.3 is 4.74 Å². The number of halogens is 1. The quantitative estimate of drug-likeness (QED) is 0.807. The van der Waals surface area contributed by atoms with Crippen LogP contribution in [-0.2, 0) is 0 Å². The number of benzene rings is 1. The van der Waals surface area contributed by atoms with Gasteiger partial charge in [-0.2, -0.15) is 4.98 Å². The number of ether oxygens (including phenoxy) is 1. The molecule has 1 aromatic carbocycles. The lowest BCUT2D eigenvalue weighted by Gasteiger charge is -2.08. The molecule has 3 aromatic rings. The van der Waals surface area contributed by atoms with Crippen LogP contribution in [0.15, 0.2) is 41.3 Å². The van der Waals surface area contributed by atoms with Crippen LogP contribution in [0.2, 0.25) is 5.02 Å². The first kappa shape index (κ1) is 13.6. The van der Waals surface area contributed by atoms with E-state index >= 15 is 0 Å². The maximum atomic E-state index is 12.2. The Morgan fingerprint density at radius 3 is 2.76 bits per heavy atom. The number of fused-ring (bicyclic) bond motifs is 1. The van der Waals surface area contributed by atoms with Gasteiger partial charge in [-0.25, -0.2) is 0 Å². The zero-order valence-corrected chi connectivity index (χ0v) is 12.0. The zero-order chi connectivity index (χ0) is 14.8. The summed E-state index contributed by atoms with van der Waals surface area (Å²) in [5.41, 5.74) is 1.55. The number of H-pyrrole nitrogens is 1. The van der Waals surface area contributed by atoms with Crippen molar-refractivity contribution in [3.8, 4) is 17.3 Å². The molecule has 0 aliphatic heterocycles. The zero-order valence-electron chi connectivity index (χ0n) is 11.3. The summed E-state index contributed by atoms with van der Waals surface area (Å²) in [6.45, 7) is 2.22. The van der Waals surface area contributed by atoms with Crippen molar-refractivity contribution in [1.29, 1.82) is 0 Å². The molecule has 0 fully saturated rings. The van der Waals surface area contributed by atoms with E-state index in [0.29, 0.717) is 23.2 Å². The second kappa shape index (κ2) is 5.54. The smallest absolute Gasteiger partial charge is 0.297 e. The van der Waals surface area contributed by atoms with Crippen LogP contribution >= 0.6 is 11.6 Å². The van der Waals surface area contributed by atoms with Gasteiger partial charge >= 0.3 is 0 Å². The van der Waals surface area contributed by atoms with E-state index in [1.165, 1.54) is 6.20 Å². The molecule has 0 bridgehead atoms. The fourth-order valence-corrected chi connectivity index (χ4v) is 2.33. The molecule has 0 atom stereocenters. The predicted octanol–water partition coefficient (Wildman–Crippen LogP) is 3.04. The molecule has 0 aliphatic carbocycles. The topological polar surface area (TPSA) is 67.9 Å². The first-order valence-electron chi connectivity index (χ1n) is 6.47. The molecule has 106 valence electrons. The molecule has 0 unspecified atom stereocenters. The van der Waals surface area contributed by atoms with Gasteiger partial charge in [0.1, 0.15) is 5.52 Å². The maximum absolute atomic E-state index is 12.2. The van der Waals surface area contributed by atoms with Gasteiger partial charge in [0.25, 0.3) is 11.6 Å². The van der Waals surface area contributed by atoms with Crippen LogP contribution in [0.5, 0.6) is 6.01 Å². The van der Waals surface area contributed by atoms with Crippen LogP contribution in [0.3, 0.4) is 0 Å². The molecule has 2 heterocycles. The van der Waals surface area contributed by atoms with E-state index in [-0.39, 0.29) is 16.6 Å². The molecular formula is C15H12ClN3O2. The molecule has 1 N–H and O–H groups in total. The first-order chi connectivity index (χ1) is 10.2. The van der Waals surface area contributed by atoms with E-state index in [1.807, 2.05) is 37.3 Å². The van der Waals surface area contributed by atoms with E-state index in [9.17, 15) is 4.79 Å². The van der Waals surface area contributed by atoms with Gasteiger partial charge in [0.05, 0.1) is 22.7 Å². The summed E-state index contributed by atoms with van der Waals surface area (Å²) in [5, 5.41) is 0.579. The highest BCUT2D eigenvalue weighted by molar-refractivity contribution is 6.35. The lowest BCUT2D eigenvalue weighted by atomic mass is 10.1. The van der Waals surface area contributed by atoms with Crippen LogP contribution in [0.4, 0.5) is 0 Å². The molecule has 0 spiro atoms. The first-order valence-corrected chi connectivity index (χ1v) is 6.85. The normalized spacial score (nSPS) is 10.8. The Labute approximate surface area is 125 Å². The highest BCUT2D eigenvalue weighted by Crippen LogP contribution is 2.28. The number of nitrogens with one attached hydrogen (secondary N) is 1. The molecule has 2 aromatic heterocycles. The fraction of sp³-hybridized carbons (Fsp3) is 0.133.